The predicted octanol–water partition coefficient (Wildman–Crippen LogP) is 0.820. The van der Waals surface area contributed by atoms with Crippen molar-refractivity contribution in [2.45, 2.75) is 0 Å². The quantitative estimate of drug-likeness (QED) is 0.622. The molecule has 2 aromatic rings. The average Bonchev–Trinajstić information content (AvgIpc) is 2.44. The van der Waals surface area contributed by atoms with Gasteiger partial charge in [0.15, 0.2) is 0 Å². The number of amides is 1. The van der Waals surface area contributed by atoms with Crippen LogP contribution in [0, 0.1) is 0 Å². The van der Waals surface area contributed by atoms with Crippen LogP contribution >= 0.6 is 0 Å². The second-order valence-corrected chi connectivity index (χ2v) is 2.89. The lowest BCUT2D eigenvalue weighted by atomic mass is 10.2. The zero-order valence-electron chi connectivity index (χ0n) is 7.15. The zero-order chi connectivity index (χ0) is 10.3. The van der Waals surface area contributed by atoms with Crippen molar-refractivity contribution in [2.24, 2.45) is 5.73 Å². The van der Waals surface area contributed by atoms with E-state index in [0.717, 1.165) is 0 Å². The lowest BCUT2D eigenvalue weighted by Crippen LogP contribution is -2.11. The number of rotatable bonds is 1. The molecule has 0 aliphatic rings. The maximum absolute atomic E-state index is 10.9. The Morgan fingerprint density at radius 2 is 2.14 bits per heavy atom. The van der Waals surface area contributed by atoms with Crippen LogP contribution in [0.2, 0.25) is 0 Å². The van der Waals surface area contributed by atoms with Gasteiger partial charge in [-0.25, -0.2) is 0 Å². The van der Waals surface area contributed by atoms with Gasteiger partial charge in [-0.3, -0.25) is 4.79 Å². The van der Waals surface area contributed by atoms with Crippen LogP contribution in [0.5, 0.6) is 5.75 Å². The van der Waals surface area contributed by atoms with Crippen LogP contribution in [0.1, 0.15) is 10.6 Å². The summed E-state index contributed by atoms with van der Waals surface area (Å²) in [5.41, 5.74) is 11.2. The fraction of sp³-hybridized carbons (Fsp3) is 0. The molecule has 0 spiro atoms. The third-order valence-corrected chi connectivity index (χ3v) is 1.93. The molecule has 0 saturated heterocycles. The first-order valence-electron chi connectivity index (χ1n) is 3.90. The molecule has 5 heteroatoms. The number of phenols is 1. The highest BCUT2D eigenvalue weighted by atomic mass is 16.3. The molecule has 5 N–H and O–H groups in total. The number of nitrogens with two attached hydrogens (primary N) is 2. The van der Waals surface area contributed by atoms with Crippen molar-refractivity contribution in [1.82, 2.24) is 0 Å². The van der Waals surface area contributed by atoms with Crippen molar-refractivity contribution in [3.63, 3.8) is 0 Å². The van der Waals surface area contributed by atoms with Gasteiger partial charge >= 0.3 is 0 Å². The minimum absolute atomic E-state index is 0.0565. The number of aromatic hydroxyl groups is 1. The van der Waals surface area contributed by atoms with Crippen LogP contribution in [-0.2, 0) is 0 Å². The van der Waals surface area contributed by atoms with Crippen LogP contribution < -0.4 is 11.5 Å². The van der Waals surface area contributed by atoms with Gasteiger partial charge in [0.05, 0.1) is 5.69 Å². The summed E-state index contributed by atoms with van der Waals surface area (Å²) in [6.07, 6.45) is 0. The van der Waals surface area contributed by atoms with E-state index in [9.17, 15) is 9.90 Å². The number of benzene rings is 1. The van der Waals surface area contributed by atoms with E-state index in [1.165, 1.54) is 18.2 Å². The van der Waals surface area contributed by atoms with E-state index in [0.29, 0.717) is 11.0 Å². The van der Waals surface area contributed by atoms with Crippen LogP contribution in [0.25, 0.3) is 11.0 Å². The van der Waals surface area contributed by atoms with Gasteiger partial charge in [-0.1, -0.05) is 0 Å². The molecule has 1 heterocycles. The van der Waals surface area contributed by atoms with Crippen molar-refractivity contribution in [3.05, 3.63) is 24.0 Å². The number of hydrogen-bond donors (Lipinski definition) is 3. The van der Waals surface area contributed by atoms with Gasteiger partial charge in [-0.2, -0.15) is 0 Å². The molecule has 2 rings (SSSR count). The Bertz CT molecular complexity index is 516. The molecule has 0 bridgehead atoms. The highest BCUT2D eigenvalue weighted by molar-refractivity contribution is 6.05. The molecule has 1 aromatic carbocycles. The molecule has 1 aromatic heterocycles. The molecule has 5 nitrogen and oxygen atoms in total. The zero-order valence-corrected chi connectivity index (χ0v) is 7.15. The summed E-state index contributed by atoms with van der Waals surface area (Å²) >= 11 is 0. The lowest BCUT2D eigenvalue weighted by Gasteiger charge is -1.91. The van der Waals surface area contributed by atoms with Crippen molar-refractivity contribution in [3.8, 4) is 5.75 Å². The molecule has 0 aliphatic carbocycles. The van der Waals surface area contributed by atoms with E-state index in [1.54, 1.807) is 0 Å². The van der Waals surface area contributed by atoms with E-state index >= 15 is 0 Å². The summed E-state index contributed by atoms with van der Waals surface area (Å²) in [5, 5.41) is 9.67. The van der Waals surface area contributed by atoms with Crippen molar-refractivity contribution < 1.29 is 14.3 Å². The fourth-order valence-corrected chi connectivity index (χ4v) is 1.29. The summed E-state index contributed by atoms with van der Waals surface area (Å²) in [4.78, 5) is 10.9. The van der Waals surface area contributed by atoms with Gasteiger partial charge < -0.3 is 21.0 Å². The number of phenolic OH excluding ortho intramolecular Hbond substituents is 1. The van der Waals surface area contributed by atoms with E-state index in [4.69, 9.17) is 15.9 Å². The Hall–Kier alpha value is -2.17. The first kappa shape index (κ1) is 8.43. The van der Waals surface area contributed by atoms with Crippen molar-refractivity contribution in [1.29, 1.82) is 0 Å². The molecule has 0 unspecified atom stereocenters. The topological polar surface area (TPSA) is 102 Å². The minimum Gasteiger partial charge on any atom is -0.508 e. The number of fused-ring (bicyclic) bond motifs is 1. The molecule has 1 amide bonds. The second-order valence-electron chi connectivity index (χ2n) is 2.89. The Balaban J connectivity index is 2.80. The summed E-state index contributed by atoms with van der Waals surface area (Å²) in [7, 11) is 0. The molecule has 0 fully saturated rings. The highest BCUT2D eigenvalue weighted by Crippen LogP contribution is 2.30. The smallest absolute Gasteiger partial charge is 0.286 e. The van der Waals surface area contributed by atoms with Crippen LogP contribution in [0.3, 0.4) is 0 Å². The summed E-state index contributed by atoms with van der Waals surface area (Å²) < 4.78 is 5.10. The van der Waals surface area contributed by atoms with E-state index < -0.39 is 5.91 Å². The van der Waals surface area contributed by atoms with E-state index in [1.807, 2.05) is 0 Å². The first-order valence-corrected chi connectivity index (χ1v) is 3.90. The largest absolute Gasteiger partial charge is 0.508 e. The highest BCUT2D eigenvalue weighted by Gasteiger charge is 2.15. The van der Waals surface area contributed by atoms with Gasteiger partial charge in [-0.15, -0.1) is 0 Å². The maximum Gasteiger partial charge on any atom is 0.286 e. The average molecular weight is 192 g/mol. The Morgan fingerprint density at radius 1 is 1.43 bits per heavy atom. The van der Waals surface area contributed by atoms with Gasteiger partial charge in [0.2, 0.25) is 5.76 Å². The number of furan rings is 1. The normalized spacial score (nSPS) is 10.6. The molecule has 14 heavy (non-hydrogen) atoms. The van der Waals surface area contributed by atoms with Crippen molar-refractivity contribution >= 4 is 22.6 Å². The Kier molecular flexibility index (Phi) is 1.60. The number of hydrogen-bond acceptors (Lipinski definition) is 4. The number of carbonyl (C=O) groups is 1. The molecular weight excluding hydrogens is 184 g/mol. The van der Waals surface area contributed by atoms with Crippen LogP contribution in [0.15, 0.2) is 22.6 Å². The Morgan fingerprint density at radius 3 is 2.79 bits per heavy atom. The third-order valence-electron chi connectivity index (χ3n) is 1.93. The standard InChI is InChI=1S/C9H8N2O3/c10-7-5-3-4(12)1-2-6(5)14-8(7)9(11)13/h1-3,12H,10H2,(H2,11,13). The molecule has 0 radical (unpaired) electrons. The molecule has 72 valence electrons. The van der Waals surface area contributed by atoms with E-state index in [2.05, 4.69) is 0 Å². The van der Waals surface area contributed by atoms with Gasteiger partial charge in [-0.05, 0) is 18.2 Å². The van der Waals surface area contributed by atoms with E-state index in [-0.39, 0.29) is 17.2 Å². The number of nitrogen functional groups attached to an aromatic ring is 1. The predicted molar refractivity (Wildman–Crippen MR) is 50.8 cm³/mol. The molecule has 0 atom stereocenters. The van der Waals surface area contributed by atoms with Gasteiger partial charge in [0, 0.05) is 5.39 Å². The summed E-state index contributed by atoms with van der Waals surface area (Å²) in [6, 6.07) is 4.38. The van der Waals surface area contributed by atoms with Crippen molar-refractivity contribution in [2.75, 3.05) is 5.73 Å². The number of primary amides is 1. The fourth-order valence-electron chi connectivity index (χ4n) is 1.29. The minimum atomic E-state index is -0.724. The number of anilines is 1. The second kappa shape index (κ2) is 2.66. The Labute approximate surface area is 78.9 Å². The van der Waals surface area contributed by atoms with Gasteiger partial charge in [0.25, 0.3) is 5.91 Å². The monoisotopic (exact) mass is 192 g/mol. The first-order chi connectivity index (χ1) is 6.59. The maximum atomic E-state index is 10.9. The summed E-state index contributed by atoms with van der Waals surface area (Å²) in [6.45, 7) is 0. The lowest BCUT2D eigenvalue weighted by molar-refractivity contribution is 0.0977. The van der Waals surface area contributed by atoms with Crippen LogP contribution in [0.4, 0.5) is 5.69 Å². The molecule has 0 aliphatic heterocycles. The number of carbonyl (C=O) groups excluding carboxylic acids is 1. The SMILES string of the molecule is NC(=O)c1oc2ccc(O)cc2c1N. The third kappa shape index (κ3) is 1.06. The molecule has 0 saturated carbocycles. The summed E-state index contributed by atoms with van der Waals surface area (Å²) in [5.74, 6) is -0.746. The van der Waals surface area contributed by atoms with Gasteiger partial charge in [0.1, 0.15) is 11.3 Å². The molecular formula is C9H8N2O3. The van der Waals surface area contributed by atoms with Crippen LogP contribution in [-0.4, -0.2) is 11.0 Å².